The van der Waals surface area contributed by atoms with Crippen molar-refractivity contribution in [3.05, 3.63) is 30.4 Å². The molecule has 0 aliphatic heterocycles. The third-order valence-electron chi connectivity index (χ3n) is 3.82. The molecule has 3 nitrogen and oxygen atoms in total. The van der Waals surface area contributed by atoms with E-state index in [2.05, 4.69) is 33.0 Å². The van der Waals surface area contributed by atoms with Gasteiger partial charge in [0.2, 0.25) is 0 Å². The molecular formula is C14H19N3. The fourth-order valence-corrected chi connectivity index (χ4v) is 2.84. The molecule has 0 atom stereocenters. The van der Waals surface area contributed by atoms with Crippen LogP contribution in [0.4, 0.5) is 5.69 Å². The Morgan fingerprint density at radius 3 is 2.88 bits per heavy atom. The first-order valence-electron chi connectivity index (χ1n) is 6.53. The van der Waals surface area contributed by atoms with Gasteiger partial charge in [-0.25, -0.2) is 4.98 Å². The Kier molecular flexibility index (Phi) is 2.75. The highest BCUT2D eigenvalue weighted by Crippen LogP contribution is 2.32. The van der Waals surface area contributed by atoms with Crippen molar-refractivity contribution in [1.29, 1.82) is 0 Å². The molecule has 1 N–H and O–H groups in total. The van der Waals surface area contributed by atoms with Gasteiger partial charge < -0.3 is 9.72 Å². The lowest BCUT2D eigenvalue weighted by molar-refractivity contribution is 0.428. The maximum Gasteiger partial charge on any atom is 0.116 e. The van der Waals surface area contributed by atoms with Crippen molar-refractivity contribution < 1.29 is 0 Å². The Morgan fingerprint density at radius 1 is 1.29 bits per heavy atom. The Labute approximate surface area is 102 Å². The van der Waals surface area contributed by atoms with E-state index in [0.717, 1.165) is 5.69 Å². The van der Waals surface area contributed by atoms with Crippen LogP contribution >= 0.6 is 0 Å². The summed E-state index contributed by atoms with van der Waals surface area (Å²) in [5, 5.41) is 3.17. The molecule has 17 heavy (non-hydrogen) atoms. The molecule has 0 aromatic carbocycles. The van der Waals surface area contributed by atoms with Gasteiger partial charge in [0, 0.05) is 24.8 Å². The minimum Gasteiger partial charge on any atom is -0.388 e. The number of nitrogens with zero attached hydrogens (tertiary/aromatic N) is 2. The van der Waals surface area contributed by atoms with Crippen molar-refractivity contribution >= 4 is 11.2 Å². The second-order valence-corrected chi connectivity index (χ2v) is 4.91. The molecule has 0 saturated heterocycles. The Balaban J connectivity index is 1.99. The van der Waals surface area contributed by atoms with E-state index in [1.54, 1.807) is 0 Å². The third kappa shape index (κ3) is 1.90. The van der Waals surface area contributed by atoms with Gasteiger partial charge in [-0.3, -0.25) is 0 Å². The van der Waals surface area contributed by atoms with Gasteiger partial charge in [0.25, 0.3) is 0 Å². The standard InChI is InChI=1S/C14H19N3/c1-15-12-7-8-17-13(9-12)10-16-14(17)11-5-3-2-4-6-11/h7-11,15H,2-6H2,1H3. The quantitative estimate of drug-likeness (QED) is 0.855. The first kappa shape index (κ1) is 10.6. The van der Waals surface area contributed by atoms with Gasteiger partial charge in [0.05, 0.1) is 11.7 Å². The van der Waals surface area contributed by atoms with E-state index in [1.165, 1.54) is 43.4 Å². The van der Waals surface area contributed by atoms with Crippen LogP contribution in [0.1, 0.15) is 43.8 Å². The van der Waals surface area contributed by atoms with Crippen LogP contribution in [0.3, 0.4) is 0 Å². The number of pyridine rings is 1. The molecule has 3 heteroatoms. The summed E-state index contributed by atoms with van der Waals surface area (Å²) in [7, 11) is 1.95. The van der Waals surface area contributed by atoms with Crippen molar-refractivity contribution in [2.24, 2.45) is 0 Å². The zero-order valence-corrected chi connectivity index (χ0v) is 10.3. The summed E-state index contributed by atoms with van der Waals surface area (Å²) in [6.07, 6.45) is 10.8. The number of rotatable bonds is 2. The predicted octanol–water partition coefficient (Wildman–Crippen LogP) is 3.42. The normalized spacial score (nSPS) is 17.5. The molecule has 90 valence electrons. The second-order valence-electron chi connectivity index (χ2n) is 4.91. The van der Waals surface area contributed by atoms with Crippen molar-refractivity contribution in [2.45, 2.75) is 38.0 Å². The van der Waals surface area contributed by atoms with Crippen LogP contribution in [0.15, 0.2) is 24.5 Å². The molecule has 0 amide bonds. The fraction of sp³-hybridized carbons (Fsp3) is 0.500. The van der Waals surface area contributed by atoms with E-state index in [1.807, 2.05) is 13.2 Å². The molecule has 1 fully saturated rings. The monoisotopic (exact) mass is 229 g/mol. The first-order valence-corrected chi connectivity index (χ1v) is 6.53. The maximum atomic E-state index is 4.63. The molecule has 2 aromatic rings. The lowest BCUT2D eigenvalue weighted by atomic mass is 9.89. The highest BCUT2D eigenvalue weighted by Gasteiger charge is 2.19. The summed E-state index contributed by atoms with van der Waals surface area (Å²) in [5.74, 6) is 1.91. The van der Waals surface area contributed by atoms with Gasteiger partial charge in [0.1, 0.15) is 5.82 Å². The van der Waals surface area contributed by atoms with Crippen LogP contribution in [0.5, 0.6) is 0 Å². The second kappa shape index (κ2) is 4.40. The number of hydrogen-bond acceptors (Lipinski definition) is 2. The number of fused-ring (bicyclic) bond motifs is 1. The zero-order valence-electron chi connectivity index (χ0n) is 10.3. The first-order chi connectivity index (χ1) is 8.38. The lowest BCUT2D eigenvalue weighted by Gasteiger charge is -2.20. The van der Waals surface area contributed by atoms with Crippen LogP contribution in [-0.4, -0.2) is 16.4 Å². The Hall–Kier alpha value is -1.51. The van der Waals surface area contributed by atoms with Gasteiger partial charge in [-0.1, -0.05) is 19.3 Å². The average molecular weight is 229 g/mol. The molecule has 0 radical (unpaired) electrons. The average Bonchev–Trinajstić information content (AvgIpc) is 2.82. The summed E-state index contributed by atoms with van der Waals surface area (Å²) in [4.78, 5) is 4.63. The van der Waals surface area contributed by atoms with E-state index in [-0.39, 0.29) is 0 Å². The van der Waals surface area contributed by atoms with E-state index in [9.17, 15) is 0 Å². The molecule has 1 saturated carbocycles. The summed E-state index contributed by atoms with van der Waals surface area (Å²) in [6.45, 7) is 0. The van der Waals surface area contributed by atoms with Crippen molar-refractivity contribution in [2.75, 3.05) is 12.4 Å². The lowest BCUT2D eigenvalue weighted by Crippen LogP contribution is -2.08. The van der Waals surface area contributed by atoms with E-state index >= 15 is 0 Å². The smallest absolute Gasteiger partial charge is 0.116 e. The number of aromatic nitrogens is 2. The summed E-state index contributed by atoms with van der Waals surface area (Å²) in [5.41, 5.74) is 2.34. The topological polar surface area (TPSA) is 29.3 Å². The van der Waals surface area contributed by atoms with E-state index in [0.29, 0.717) is 5.92 Å². The summed E-state index contributed by atoms with van der Waals surface area (Å²) < 4.78 is 2.25. The number of imidazole rings is 1. The molecule has 1 aliphatic carbocycles. The Morgan fingerprint density at radius 2 is 2.12 bits per heavy atom. The highest BCUT2D eigenvalue weighted by atomic mass is 15.0. The van der Waals surface area contributed by atoms with Crippen molar-refractivity contribution in [3.8, 4) is 0 Å². The molecular weight excluding hydrogens is 210 g/mol. The van der Waals surface area contributed by atoms with E-state index < -0.39 is 0 Å². The van der Waals surface area contributed by atoms with Gasteiger partial charge in [-0.2, -0.15) is 0 Å². The third-order valence-corrected chi connectivity index (χ3v) is 3.82. The fourth-order valence-electron chi connectivity index (χ4n) is 2.84. The molecule has 2 heterocycles. The van der Waals surface area contributed by atoms with Gasteiger partial charge in [-0.05, 0) is 25.0 Å². The van der Waals surface area contributed by atoms with Crippen LogP contribution < -0.4 is 5.32 Å². The van der Waals surface area contributed by atoms with Crippen LogP contribution in [0.25, 0.3) is 5.52 Å². The van der Waals surface area contributed by atoms with Crippen molar-refractivity contribution in [1.82, 2.24) is 9.38 Å². The molecule has 2 aromatic heterocycles. The van der Waals surface area contributed by atoms with Crippen molar-refractivity contribution in [3.63, 3.8) is 0 Å². The zero-order chi connectivity index (χ0) is 11.7. The molecule has 0 bridgehead atoms. The minimum atomic E-state index is 0.659. The molecule has 3 rings (SSSR count). The van der Waals surface area contributed by atoms with Gasteiger partial charge >= 0.3 is 0 Å². The SMILES string of the molecule is CNc1ccn2c(C3CCCCC3)ncc2c1. The minimum absolute atomic E-state index is 0.659. The largest absolute Gasteiger partial charge is 0.388 e. The van der Waals surface area contributed by atoms with Crippen LogP contribution in [-0.2, 0) is 0 Å². The number of hydrogen-bond donors (Lipinski definition) is 1. The number of nitrogens with one attached hydrogen (secondary N) is 1. The molecule has 0 spiro atoms. The highest BCUT2D eigenvalue weighted by molar-refractivity contribution is 5.58. The van der Waals surface area contributed by atoms with Crippen LogP contribution in [0, 0.1) is 0 Å². The molecule has 1 aliphatic rings. The van der Waals surface area contributed by atoms with Crippen LogP contribution in [0.2, 0.25) is 0 Å². The maximum absolute atomic E-state index is 4.63. The Bertz CT molecular complexity index is 509. The number of anilines is 1. The summed E-state index contributed by atoms with van der Waals surface area (Å²) >= 11 is 0. The summed E-state index contributed by atoms with van der Waals surface area (Å²) in [6, 6.07) is 4.26. The van der Waals surface area contributed by atoms with E-state index in [4.69, 9.17) is 0 Å². The van der Waals surface area contributed by atoms with Gasteiger partial charge in [-0.15, -0.1) is 0 Å². The predicted molar refractivity (Wildman–Crippen MR) is 70.6 cm³/mol. The molecule has 0 unspecified atom stereocenters. The van der Waals surface area contributed by atoms with Gasteiger partial charge in [0.15, 0.2) is 0 Å².